The molecule has 0 aliphatic heterocycles. The first-order valence-corrected chi connectivity index (χ1v) is 11.0. The molecule has 1 aliphatic carbocycles. The van der Waals surface area contributed by atoms with E-state index in [2.05, 4.69) is 15.0 Å². The lowest BCUT2D eigenvalue weighted by Crippen LogP contribution is -2.31. The highest BCUT2D eigenvalue weighted by Gasteiger charge is 2.28. The Bertz CT molecular complexity index is 1150. The lowest BCUT2D eigenvalue weighted by atomic mass is 10.1. The summed E-state index contributed by atoms with van der Waals surface area (Å²) in [7, 11) is -1.78. The molecule has 1 heterocycles. The zero-order valence-corrected chi connectivity index (χ0v) is 17.1. The smallest absolute Gasteiger partial charge is 0.252 e. The highest BCUT2D eigenvalue weighted by atomic mass is 32.2. The molecule has 9 heteroatoms. The minimum Gasteiger partial charge on any atom is -0.338 e. The molecular formula is C21H21FN4O3S. The molecule has 30 heavy (non-hydrogen) atoms. The summed E-state index contributed by atoms with van der Waals surface area (Å²) in [6.45, 7) is 0. The number of nitrogens with one attached hydrogen (secondary N) is 2. The summed E-state index contributed by atoms with van der Waals surface area (Å²) in [4.78, 5) is 17.3. The minimum atomic E-state index is -3.58. The van der Waals surface area contributed by atoms with Crippen molar-refractivity contribution >= 4 is 15.9 Å². The van der Waals surface area contributed by atoms with Crippen molar-refractivity contribution in [2.24, 2.45) is 7.05 Å². The van der Waals surface area contributed by atoms with Crippen LogP contribution in [0.2, 0.25) is 0 Å². The summed E-state index contributed by atoms with van der Waals surface area (Å²) in [5.41, 5.74) is 0.980. The molecule has 7 nitrogen and oxygen atoms in total. The molecule has 1 aliphatic rings. The van der Waals surface area contributed by atoms with E-state index in [4.69, 9.17) is 0 Å². The fraction of sp³-hybridized carbons (Fsp3) is 0.238. The number of aromatic nitrogens is 2. The van der Waals surface area contributed by atoms with Crippen LogP contribution in [-0.2, 0) is 17.1 Å². The number of halogens is 1. The molecule has 0 unspecified atom stereocenters. The zero-order chi connectivity index (χ0) is 21.3. The van der Waals surface area contributed by atoms with Crippen molar-refractivity contribution in [3.05, 3.63) is 83.7 Å². The Morgan fingerprint density at radius 1 is 1.13 bits per heavy atom. The predicted molar refractivity (Wildman–Crippen MR) is 109 cm³/mol. The van der Waals surface area contributed by atoms with Gasteiger partial charge in [0.25, 0.3) is 5.91 Å². The maximum atomic E-state index is 13.4. The second kappa shape index (κ2) is 8.00. The van der Waals surface area contributed by atoms with Crippen molar-refractivity contribution in [1.82, 2.24) is 19.6 Å². The van der Waals surface area contributed by atoms with Crippen molar-refractivity contribution in [1.29, 1.82) is 0 Å². The van der Waals surface area contributed by atoms with Crippen LogP contribution in [0.5, 0.6) is 0 Å². The van der Waals surface area contributed by atoms with E-state index in [1.807, 2.05) is 0 Å². The van der Waals surface area contributed by atoms with Gasteiger partial charge in [-0.15, -0.1) is 0 Å². The average molecular weight is 428 g/mol. The van der Waals surface area contributed by atoms with Crippen LogP contribution in [0.4, 0.5) is 4.39 Å². The topological polar surface area (TPSA) is 93.1 Å². The van der Waals surface area contributed by atoms with Crippen molar-refractivity contribution < 1.29 is 17.6 Å². The molecule has 0 spiro atoms. The van der Waals surface area contributed by atoms with Gasteiger partial charge in [-0.2, -0.15) is 0 Å². The minimum absolute atomic E-state index is 0.00669. The van der Waals surface area contributed by atoms with E-state index < -0.39 is 22.0 Å². The third-order valence-electron chi connectivity index (χ3n) is 4.92. The number of sulfonamides is 1. The Morgan fingerprint density at radius 2 is 1.80 bits per heavy atom. The molecule has 0 saturated heterocycles. The highest BCUT2D eigenvalue weighted by molar-refractivity contribution is 7.89. The quantitative estimate of drug-likeness (QED) is 0.605. The maximum Gasteiger partial charge on any atom is 0.252 e. The number of amides is 1. The van der Waals surface area contributed by atoms with Crippen LogP contribution in [0.1, 0.15) is 40.6 Å². The van der Waals surface area contributed by atoms with Gasteiger partial charge in [0, 0.05) is 31.0 Å². The fourth-order valence-corrected chi connectivity index (χ4v) is 4.40. The molecular weight excluding hydrogens is 407 g/mol. The molecule has 2 aromatic carbocycles. The Hall–Kier alpha value is -3.04. The predicted octanol–water partition coefficient (Wildman–Crippen LogP) is 2.52. The highest BCUT2D eigenvalue weighted by Crippen LogP contribution is 2.23. The molecule has 3 aromatic rings. The van der Waals surface area contributed by atoms with E-state index >= 15 is 0 Å². The van der Waals surface area contributed by atoms with Crippen molar-refractivity contribution in [2.45, 2.75) is 29.8 Å². The van der Waals surface area contributed by atoms with E-state index in [0.29, 0.717) is 17.0 Å². The second-order valence-electron chi connectivity index (χ2n) is 7.27. The molecule has 1 aromatic heterocycles. The third-order valence-corrected chi connectivity index (χ3v) is 6.46. The number of hydrogen-bond donors (Lipinski definition) is 2. The Balaban J connectivity index is 1.56. The SMILES string of the molecule is Cn1ccnc1[C@H](NC(=O)c1ccc(S(=O)(=O)NC2CC2)cc1)c1ccc(F)cc1. The standard InChI is InChI=1S/C21H21FN4O3S/c1-26-13-12-23-20(26)19(14-2-6-16(22)7-3-14)24-21(27)15-4-10-18(11-5-15)30(28,29)25-17-8-9-17/h2-7,10-13,17,19,25H,8-9H2,1H3,(H,24,27)/t19-/m1/s1. The molecule has 1 saturated carbocycles. The number of imidazole rings is 1. The number of rotatable bonds is 7. The van der Waals surface area contributed by atoms with Crippen LogP contribution in [0.3, 0.4) is 0 Å². The van der Waals surface area contributed by atoms with Gasteiger partial charge in [0.2, 0.25) is 10.0 Å². The molecule has 1 atom stereocenters. The van der Waals surface area contributed by atoms with E-state index in [-0.39, 0.29) is 16.8 Å². The van der Waals surface area contributed by atoms with Crippen LogP contribution in [0.25, 0.3) is 0 Å². The van der Waals surface area contributed by atoms with Gasteiger partial charge in [0.15, 0.2) is 0 Å². The average Bonchev–Trinajstić information content (AvgIpc) is 3.43. The first-order chi connectivity index (χ1) is 14.3. The van der Waals surface area contributed by atoms with Gasteiger partial charge in [-0.05, 0) is 54.8 Å². The molecule has 1 fully saturated rings. The lowest BCUT2D eigenvalue weighted by molar-refractivity contribution is 0.0941. The van der Waals surface area contributed by atoms with E-state index in [1.165, 1.54) is 36.4 Å². The molecule has 0 bridgehead atoms. The summed E-state index contributed by atoms with van der Waals surface area (Å²) in [6.07, 6.45) is 5.06. The molecule has 2 N–H and O–H groups in total. The number of carbonyl (C=O) groups excluding carboxylic acids is 1. The first-order valence-electron chi connectivity index (χ1n) is 9.49. The second-order valence-corrected chi connectivity index (χ2v) is 8.99. The summed E-state index contributed by atoms with van der Waals surface area (Å²) in [6, 6.07) is 11.0. The fourth-order valence-electron chi connectivity index (χ4n) is 3.10. The van der Waals surface area contributed by atoms with Crippen LogP contribution in [0, 0.1) is 5.82 Å². The normalized spacial score (nSPS) is 15.0. The Morgan fingerprint density at radius 3 is 2.37 bits per heavy atom. The van der Waals surface area contributed by atoms with E-state index in [0.717, 1.165) is 12.8 Å². The monoisotopic (exact) mass is 428 g/mol. The van der Waals surface area contributed by atoms with Gasteiger partial charge in [0.1, 0.15) is 17.7 Å². The summed E-state index contributed by atoms with van der Waals surface area (Å²) >= 11 is 0. The van der Waals surface area contributed by atoms with Crippen LogP contribution in [0.15, 0.2) is 65.8 Å². The summed E-state index contributed by atoms with van der Waals surface area (Å²) < 4.78 is 42.3. The van der Waals surface area contributed by atoms with Crippen molar-refractivity contribution in [3.8, 4) is 0 Å². The number of nitrogens with zero attached hydrogens (tertiary/aromatic N) is 2. The largest absolute Gasteiger partial charge is 0.338 e. The van der Waals surface area contributed by atoms with Gasteiger partial charge in [-0.3, -0.25) is 4.79 Å². The molecule has 4 rings (SSSR count). The third kappa shape index (κ3) is 4.42. The van der Waals surface area contributed by atoms with Gasteiger partial charge >= 0.3 is 0 Å². The summed E-state index contributed by atoms with van der Waals surface area (Å²) in [5.74, 6) is -0.186. The number of carbonyl (C=O) groups is 1. The van der Waals surface area contributed by atoms with Crippen molar-refractivity contribution in [3.63, 3.8) is 0 Å². The van der Waals surface area contributed by atoms with Gasteiger partial charge < -0.3 is 9.88 Å². The Labute approximate surface area is 174 Å². The van der Waals surface area contributed by atoms with E-state index in [9.17, 15) is 17.6 Å². The lowest BCUT2D eigenvalue weighted by Gasteiger charge is -2.19. The summed E-state index contributed by atoms with van der Waals surface area (Å²) in [5, 5.41) is 2.90. The van der Waals surface area contributed by atoms with Crippen LogP contribution in [-0.4, -0.2) is 29.9 Å². The zero-order valence-electron chi connectivity index (χ0n) is 16.2. The van der Waals surface area contributed by atoms with Crippen LogP contribution < -0.4 is 10.0 Å². The Kier molecular flexibility index (Phi) is 5.40. The maximum absolute atomic E-state index is 13.4. The molecule has 1 amide bonds. The molecule has 156 valence electrons. The number of benzene rings is 2. The van der Waals surface area contributed by atoms with Gasteiger partial charge in [-0.25, -0.2) is 22.5 Å². The van der Waals surface area contributed by atoms with Crippen LogP contribution >= 0.6 is 0 Å². The van der Waals surface area contributed by atoms with E-state index in [1.54, 1.807) is 36.1 Å². The van der Waals surface area contributed by atoms with Crippen molar-refractivity contribution in [2.75, 3.05) is 0 Å². The molecule has 0 radical (unpaired) electrons. The van der Waals surface area contributed by atoms with Gasteiger partial charge in [-0.1, -0.05) is 12.1 Å². The van der Waals surface area contributed by atoms with Gasteiger partial charge in [0.05, 0.1) is 4.90 Å². The first kappa shape index (κ1) is 20.2. The number of aryl methyl sites for hydroxylation is 1. The number of hydrogen-bond acceptors (Lipinski definition) is 4.